The van der Waals surface area contributed by atoms with E-state index in [1.165, 1.54) is 0 Å². The predicted octanol–water partition coefficient (Wildman–Crippen LogP) is -1.40. The smallest absolute Gasteiger partial charge is 0.105 e. The molecule has 0 heterocycles. The van der Waals surface area contributed by atoms with Crippen LogP contribution in [0.3, 0.4) is 0 Å². The summed E-state index contributed by atoms with van der Waals surface area (Å²) < 4.78 is 0.526. The normalized spacial score (nSPS) is 20.1. The molecule has 0 saturated carbocycles. The maximum Gasteiger partial charge on any atom is 0.105 e. The van der Waals surface area contributed by atoms with Crippen LogP contribution in [0.2, 0.25) is 0 Å². The Labute approximate surface area is 165 Å². The number of nitrogens with zero attached hydrogens (tertiary/aromatic N) is 2. The summed E-state index contributed by atoms with van der Waals surface area (Å²) in [5, 5.41) is 52.2. The topological polar surface area (TPSA) is 116 Å². The summed E-state index contributed by atoms with van der Waals surface area (Å²) in [6, 6.07) is 0. The molecule has 0 aliphatic carbocycles. The van der Waals surface area contributed by atoms with Gasteiger partial charge in [0.05, 0.1) is 31.4 Å². The maximum atomic E-state index is 10.1. The zero-order chi connectivity index (χ0) is 21.0. The highest BCUT2D eigenvalue weighted by atomic mass is 16.3. The number of hydrogen-bond donors (Lipinski definition) is 6. The number of quaternary nitrogens is 1. The zero-order valence-corrected chi connectivity index (χ0v) is 17.9. The van der Waals surface area contributed by atoms with E-state index in [9.17, 15) is 25.5 Å². The number of aliphatic hydroxyl groups is 5. The van der Waals surface area contributed by atoms with Gasteiger partial charge in [0.15, 0.2) is 0 Å². The first-order valence-electron chi connectivity index (χ1n) is 10.1. The minimum atomic E-state index is -0.512. The van der Waals surface area contributed by atoms with Crippen molar-refractivity contribution in [3.05, 3.63) is 0 Å². The van der Waals surface area contributed by atoms with Crippen LogP contribution in [0.1, 0.15) is 34.6 Å². The van der Waals surface area contributed by atoms with Gasteiger partial charge in [-0.15, -0.1) is 0 Å². The molecule has 8 nitrogen and oxygen atoms in total. The Balaban J connectivity index is 5.13. The van der Waals surface area contributed by atoms with Crippen LogP contribution >= 0.6 is 0 Å². The van der Waals surface area contributed by atoms with E-state index in [0.717, 1.165) is 0 Å². The molecular formula is C19H44N3O5+. The number of hydrogen-bond acceptors (Lipinski definition) is 7. The van der Waals surface area contributed by atoms with Gasteiger partial charge in [-0.1, -0.05) is 0 Å². The monoisotopic (exact) mass is 394 g/mol. The highest BCUT2D eigenvalue weighted by Crippen LogP contribution is 2.12. The van der Waals surface area contributed by atoms with Gasteiger partial charge >= 0.3 is 0 Å². The number of aliphatic hydroxyl groups excluding tert-OH is 5. The van der Waals surface area contributed by atoms with Gasteiger partial charge in [0.2, 0.25) is 0 Å². The molecule has 0 spiro atoms. The lowest BCUT2D eigenvalue weighted by Gasteiger charge is -2.42. The third-order valence-electron chi connectivity index (χ3n) is 4.44. The molecule has 0 aromatic rings. The Morgan fingerprint density at radius 3 is 1.56 bits per heavy atom. The van der Waals surface area contributed by atoms with E-state index >= 15 is 0 Å². The molecule has 0 saturated heterocycles. The first-order chi connectivity index (χ1) is 12.5. The van der Waals surface area contributed by atoms with Gasteiger partial charge in [0.1, 0.15) is 25.3 Å². The Kier molecular flexibility index (Phi) is 13.6. The lowest BCUT2D eigenvalue weighted by molar-refractivity contribution is -0.931. The zero-order valence-electron chi connectivity index (χ0n) is 17.9. The van der Waals surface area contributed by atoms with Crippen molar-refractivity contribution >= 4 is 0 Å². The number of rotatable bonds is 16. The average Bonchev–Trinajstić information content (AvgIpc) is 2.46. The van der Waals surface area contributed by atoms with E-state index in [4.69, 9.17) is 0 Å². The Bertz CT molecular complexity index is 345. The molecule has 0 aromatic carbocycles. The van der Waals surface area contributed by atoms with Crippen molar-refractivity contribution in [2.75, 3.05) is 58.9 Å². The Morgan fingerprint density at radius 1 is 0.704 bits per heavy atom. The molecule has 5 atom stereocenters. The van der Waals surface area contributed by atoms with E-state index in [-0.39, 0.29) is 0 Å². The molecule has 0 fully saturated rings. The third kappa shape index (κ3) is 14.3. The summed E-state index contributed by atoms with van der Waals surface area (Å²) in [6.07, 6.45) is -2.43. The van der Waals surface area contributed by atoms with Gasteiger partial charge in [-0.2, -0.15) is 0 Å². The van der Waals surface area contributed by atoms with E-state index in [0.29, 0.717) is 63.4 Å². The van der Waals surface area contributed by atoms with Gasteiger partial charge in [-0.25, -0.2) is 0 Å². The first kappa shape index (κ1) is 26.7. The van der Waals surface area contributed by atoms with Gasteiger partial charge in [0, 0.05) is 32.7 Å². The van der Waals surface area contributed by atoms with Crippen molar-refractivity contribution in [2.24, 2.45) is 0 Å². The van der Waals surface area contributed by atoms with Gasteiger partial charge in [-0.05, 0) is 34.6 Å². The van der Waals surface area contributed by atoms with Crippen molar-refractivity contribution in [1.29, 1.82) is 0 Å². The van der Waals surface area contributed by atoms with Gasteiger partial charge < -0.3 is 35.3 Å². The van der Waals surface area contributed by atoms with Crippen molar-refractivity contribution < 1.29 is 30.0 Å². The molecule has 0 amide bonds. The second-order valence-electron chi connectivity index (χ2n) is 8.36. The summed E-state index contributed by atoms with van der Waals surface area (Å²) >= 11 is 0. The molecule has 5 unspecified atom stereocenters. The molecule has 0 aromatic heterocycles. The lowest BCUT2D eigenvalue weighted by Crippen LogP contribution is -2.60. The summed E-state index contributed by atoms with van der Waals surface area (Å²) in [7, 11) is 0. The van der Waals surface area contributed by atoms with Crippen LogP contribution in [-0.2, 0) is 0 Å². The molecule has 8 heteroatoms. The fourth-order valence-electron chi connectivity index (χ4n) is 3.66. The minimum Gasteiger partial charge on any atom is -0.392 e. The van der Waals surface area contributed by atoms with Crippen LogP contribution < -0.4 is 5.32 Å². The third-order valence-corrected chi connectivity index (χ3v) is 4.44. The van der Waals surface area contributed by atoms with Crippen LogP contribution in [0.5, 0.6) is 0 Å². The fourth-order valence-corrected chi connectivity index (χ4v) is 3.66. The largest absolute Gasteiger partial charge is 0.392 e. The summed E-state index contributed by atoms with van der Waals surface area (Å²) in [6.45, 7) is 13.8. The Hall–Kier alpha value is -0.320. The maximum absolute atomic E-state index is 10.1. The van der Waals surface area contributed by atoms with Crippen LogP contribution in [-0.4, -0.2) is 124 Å². The van der Waals surface area contributed by atoms with Gasteiger partial charge in [0.25, 0.3) is 0 Å². The molecule has 0 bridgehead atoms. The van der Waals surface area contributed by atoms with E-state index in [2.05, 4.69) is 5.32 Å². The van der Waals surface area contributed by atoms with Crippen molar-refractivity contribution in [2.45, 2.75) is 65.1 Å². The quantitative estimate of drug-likeness (QED) is 0.141. The average molecular weight is 395 g/mol. The van der Waals surface area contributed by atoms with E-state index < -0.39 is 30.5 Å². The highest BCUT2D eigenvalue weighted by Gasteiger charge is 2.31. The molecule has 0 aliphatic heterocycles. The van der Waals surface area contributed by atoms with Crippen LogP contribution in [0.25, 0.3) is 0 Å². The van der Waals surface area contributed by atoms with Crippen molar-refractivity contribution in [1.82, 2.24) is 10.2 Å². The second-order valence-corrected chi connectivity index (χ2v) is 8.36. The minimum absolute atomic E-state index is 0.423. The van der Waals surface area contributed by atoms with Crippen molar-refractivity contribution in [3.8, 4) is 0 Å². The molecule has 0 radical (unpaired) electrons. The predicted molar refractivity (Wildman–Crippen MR) is 107 cm³/mol. The Morgan fingerprint density at radius 2 is 1.19 bits per heavy atom. The van der Waals surface area contributed by atoms with Crippen LogP contribution in [0.15, 0.2) is 0 Å². The summed E-state index contributed by atoms with van der Waals surface area (Å²) in [5.41, 5.74) is 0. The highest BCUT2D eigenvalue weighted by molar-refractivity contribution is 4.66. The SMILES string of the molecule is CC(O)CNCC[N+](CCN(CC(C)O)CC(C)O)(CC(C)O)CC(C)O. The second kappa shape index (κ2) is 13.8. The summed E-state index contributed by atoms with van der Waals surface area (Å²) in [4.78, 5) is 2.02. The molecule has 0 rings (SSSR count). The van der Waals surface area contributed by atoms with Crippen LogP contribution in [0.4, 0.5) is 0 Å². The molecule has 164 valence electrons. The first-order valence-corrected chi connectivity index (χ1v) is 10.1. The molecule has 0 aliphatic rings. The molecule has 6 N–H and O–H groups in total. The fraction of sp³-hybridized carbons (Fsp3) is 1.00. The number of nitrogens with one attached hydrogen (secondary N) is 1. The summed E-state index contributed by atoms with van der Waals surface area (Å²) in [5.74, 6) is 0. The van der Waals surface area contributed by atoms with Gasteiger partial charge in [-0.3, -0.25) is 4.90 Å². The molecule has 27 heavy (non-hydrogen) atoms. The van der Waals surface area contributed by atoms with E-state index in [1.807, 2.05) is 4.90 Å². The van der Waals surface area contributed by atoms with E-state index in [1.54, 1.807) is 34.6 Å². The lowest BCUT2D eigenvalue weighted by atomic mass is 10.2. The van der Waals surface area contributed by atoms with Crippen LogP contribution in [0, 0.1) is 0 Å². The standard InChI is InChI=1S/C19H44N3O5/c1-15(23)10-20-6-8-22(13-18(4)26,14-19(5)27)9-7-21(11-16(2)24)12-17(3)25/h15-20,23-27H,6-14H2,1-5H3/q+1. The molecular weight excluding hydrogens is 350 g/mol. The van der Waals surface area contributed by atoms with Crippen molar-refractivity contribution in [3.63, 3.8) is 0 Å².